The van der Waals surface area contributed by atoms with Gasteiger partial charge in [-0.1, -0.05) is 37.8 Å². The molecule has 0 unspecified atom stereocenters. The van der Waals surface area contributed by atoms with Crippen molar-refractivity contribution in [1.29, 1.82) is 0 Å². The highest BCUT2D eigenvalue weighted by Gasteiger charge is 2.28. The number of ether oxygens (including phenoxy) is 1. The van der Waals surface area contributed by atoms with E-state index in [4.69, 9.17) is 4.74 Å². The Balaban J connectivity index is 1.49. The van der Waals surface area contributed by atoms with Gasteiger partial charge in [0.2, 0.25) is 0 Å². The van der Waals surface area contributed by atoms with Crippen molar-refractivity contribution < 1.29 is 40.3 Å². The summed E-state index contributed by atoms with van der Waals surface area (Å²) in [5.74, 6) is -2.30. The van der Waals surface area contributed by atoms with Crippen molar-refractivity contribution in [3.63, 3.8) is 0 Å². The highest BCUT2D eigenvalue weighted by atomic mass is 19.4. The van der Waals surface area contributed by atoms with Crippen molar-refractivity contribution in [3.8, 4) is 39.8 Å². The van der Waals surface area contributed by atoms with Crippen molar-refractivity contribution in [3.05, 3.63) is 77.4 Å². The van der Waals surface area contributed by atoms with Crippen molar-refractivity contribution >= 4 is 5.97 Å². The van der Waals surface area contributed by atoms with Crippen molar-refractivity contribution in [1.82, 2.24) is 0 Å². The molecule has 1 fully saturated rings. The quantitative estimate of drug-likeness (QED) is 0.130. The molecule has 2 nitrogen and oxygen atoms in total. The van der Waals surface area contributed by atoms with Crippen LogP contribution in [-0.4, -0.2) is 12.1 Å². The van der Waals surface area contributed by atoms with Gasteiger partial charge in [-0.2, -0.15) is 13.2 Å². The lowest BCUT2D eigenvalue weighted by atomic mass is 9.80. The fourth-order valence-electron chi connectivity index (χ4n) is 4.99. The molecule has 0 aromatic heterocycles. The maximum atomic E-state index is 14.9. The molecule has 1 aliphatic rings. The number of esters is 1. The van der Waals surface area contributed by atoms with Crippen molar-refractivity contribution in [2.45, 2.75) is 51.6 Å². The van der Waals surface area contributed by atoms with Crippen LogP contribution in [0.25, 0.3) is 22.3 Å². The lowest BCUT2D eigenvalue weighted by Crippen LogP contribution is -2.25. The summed E-state index contributed by atoms with van der Waals surface area (Å²) in [5, 5.41) is 0. The lowest BCUT2D eigenvalue weighted by Gasteiger charge is -2.26. The number of carbonyl (C=O) groups is 1. The molecule has 0 atom stereocenters. The molecule has 0 radical (unpaired) electrons. The summed E-state index contributed by atoms with van der Waals surface area (Å²) in [6, 6.07) is 8.55. The molecule has 3 aromatic rings. The third-order valence-corrected chi connectivity index (χ3v) is 7.00. The Kier molecular flexibility index (Phi) is 8.87. The van der Waals surface area contributed by atoms with Crippen LogP contribution >= 0.6 is 0 Å². The molecule has 9 heteroatoms. The van der Waals surface area contributed by atoms with E-state index in [1.54, 1.807) is 0 Å². The summed E-state index contributed by atoms with van der Waals surface area (Å²) in [5.41, 5.74) is -1.51. The molecular weight excluding hydrogens is 537 g/mol. The molecule has 0 spiro atoms. The maximum absolute atomic E-state index is 14.9. The SMILES string of the molecule is CCCC1CCC(C(=O)Oc2ccc(-c3ccc(-c4cc(F)c(C#CC(F)(F)F)c(F)c4)c(F)c3)c(F)c2)CC1. The zero-order valence-electron chi connectivity index (χ0n) is 21.5. The number of alkyl halides is 3. The van der Waals surface area contributed by atoms with Gasteiger partial charge in [-0.15, -0.1) is 0 Å². The molecule has 40 heavy (non-hydrogen) atoms. The summed E-state index contributed by atoms with van der Waals surface area (Å²) >= 11 is 0. The number of hydrogen-bond acceptors (Lipinski definition) is 2. The second-order valence-corrected chi connectivity index (χ2v) is 9.83. The molecule has 0 heterocycles. The van der Waals surface area contributed by atoms with E-state index >= 15 is 0 Å². The molecule has 0 bridgehead atoms. The van der Waals surface area contributed by atoms with Crippen LogP contribution in [-0.2, 0) is 4.79 Å². The first-order chi connectivity index (χ1) is 18.9. The summed E-state index contributed by atoms with van der Waals surface area (Å²) in [6.45, 7) is 2.13. The molecule has 3 aromatic carbocycles. The Labute approximate surface area is 227 Å². The van der Waals surface area contributed by atoms with Gasteiger partial charge in [-0.05, 0) is 73.1 Å². The Morgan fingerprint density at radius 2 is 1.40 bits per heavy atom. The van der Waals surface area contributed by atoms with E-state index in [0.29, 0.717) is 18.1 Å². The average molecular weight is 563 g/mol. The molecule has 210 valence electrons. The van der Waals surface area contributed by atoms with E-state index in [2.05, 4.69) is 6.92 Å². The van der Waals surface area contributed by atoms with E-state index in [0.717, 1.165) is 56.6 Å². The third kappa shape index (κ3) is 7.04. The maximum Gasteiger partial charge on any atom is 0.458 e. The monoisotopic (exact) mass is 562 g/mol. The minimum atomic E-state index is -4.94. The van der Waals surface area contributed by atoms with Gasteiger partial charge in [0, 0.05) is 23.1 Å². The van der Waals surface area contributed by atoms with Crippen LogP contribution in [0.15, 0.2) is 48.5 Å². The second kappa shape index (κ2) is 12.2. The van der Waals surface area contributed by atoms with E-state index in [9.17, 15) is 35.5 Å². The number of benzene rings is 3. The summed E-state index contributed by atoms with van der Waals surface area (Å²) < 4.78 is 101. The van der Waals surface area contributed by atoms with E-state index in [-0.39, 0.29) is 33.9 Å². The second-order valence-electron chi connectivity index (χ2n) is 9.83. The highest BCUT2D eigenvalue weighted by molar-refractivity contribution is 5.76. The molecule has 4 rings (SSSR count). The largest absolute Gasteiger partial charge is 0.458 e. The fraction of sp³-hybridized carbons (Fsp3) is 0.323. The Hall–Kier alpha value is -3.80. The molecule has 0 saturated heterocycles. The smallest absolute Gasteiger partial charge is 0.426 e. The van der Waals surface area contributed by atoms with Gasteiger partial charge >= 0.3 is 12.1 Å². The van der Waals surface area contributed by atoms with Crippen LogP contribution < -0.4 is 4.74 Å². The van der Waals surface area contributed by atoms with Gasteiger partial charge < -0.3 is 4.74 Å². The average Bonchev–Trinajstić information content (AvgIpc) is 2.88. The predicted octanol–water partition coefficient (Wildman–Crippen LogP) is 9.00. The minimum absolute atomic E-state index is 0.000423. The van der Waals surface area contributed by atoms with Crippen molar-refractivity contribution in [2.24, 2.45) is 11.8 Å². The van der Waals surface area contributed by atoms with E-state index < -0.39 is 41.0 Å². The topological polar surface area (TPSA) is 26.3 Å². The first kappa shape index (κ1) is 29.2. The van der Waals surface area contributed by atoms with Gasteiger partial charge in [0.1, 0.15) is 29.0 Å². The molecule has 1 aliphatic carbocycles. The fourth-order valence-corrected chi connectivity index (χ4v) is 4.99. The van der Waals surface area contributed by atoms with E-state index in [1.807, 2.05) is 0 Å². The van der Waals surface area contributed by atoms with Gasteiger partial charge in [0.05, 0.1) is 11.5 Å². The summed E-state index contributed by atoms with van der Waals surface area (Å²) in [7, 11) is 0. The van der Waals surface area contributed by atoms with Crippen LogP contribution in [0.2, 0.25) is 0 Å². The molecule has 0 aliphatic heterocycles. The summed E-state index contributed by atoms with van der Waals surface area (Å²) in [4.78, 5) is 12.6. The Morgan fingerprint density at radius 1 is 0.825 bits per heavy atom. The van der Waals surface area contributed by atoms with Gasteiger partial charge in [-0.25, -0.2) is 17.6 Å². The molecular formula is C31H25F7O2. The van der Waals surface area contributed by atoms with E-state index in [1.165, 1.54) is 30.2 Å². The van der Waals surface area contributed by atoms with Gasteiger partial charge in [0.15, 0.2) is 0 Å². The van der Waals surface area contributed by atoms with Gasteiger partial charge in [0.25, 0.3) is 0 Å². The van der Waals surface area contributed by atoms with Crippen LogP contribution in [0.5, 0.6) is 5.75 Å². The van der Waals surface area contributed by atoms with Crippen LogP contribution in [0, 0.1) is 46.9 Å². The first-order valence-electron chi connectivity index (χ1n) is 12.9. The first-order valence-corrected chi connectivity index (χ1v) is 12.9. The third-order valence-electron chi connectivity index (χ3n) is 7.00. The minimum Gasteiger partial charge on any atom is -0.426 e. The number of rotatable bonds is 6. The number of halogens is 7. The van der Waals surface area contributed by atoms with Crippen LogP contribution in [0.3, 0.4) is 0 Å². The van der Waals surface area contributed by atoms with Crippen LogP contribution in [0.4, 0.5) is 30.7 Å². The predicted molar refractivity (Wildman–Crippen MR) is 136 cm³/mol. The molecule has 1 saturated carbocycles. The lowest BCUT2D eigenvalue weighted by molar-refractivity contribution is -0.140. The van der Waals surface area contributed by atoms with Gasteiger partial charge in [-0.3, -0.25) is 4.79 Å². The normalized spacial score (nSPS) is 17.2. The summed E-state index contributed by atoms with van der Waals surface area (Å²) in [6.07, 6.45) is 0.668. The zero-order valence-corrected chi connectivity index (χ0v) is 21.5. The zero-order chi connectivity index (χ0) is 29.0. The Morgan fingerprint density at radius 3 is 1.98 bits per heavy atom. The molecule has 0 N–H and O–H groups in total. The highest BCUT2D eigenvalue weighted by Crippen LogP contribution is 2.34. The Bertz CT molecular complexity index is 1440. The standard InChI is InChI=1S/C31H25F7O2/c1-2-3-18-4-6-19(7-5-18)30(39)40-22-9-11-23(29(35)17-22)20-8-10-24(26(32)14-20)21-15-27(33)25(28(34)16-21)12-13-31(36,37)38/h8-11,14-19H,2-7H2,1H3. The number of hydrogen-bond donors (Lipinski definition) is 0. The number of carbonyl (C=O) groups excluding carboxylic acids is 1. The van der Waals surface area contributed by atoms with Crippen LogP contribution in [0.1, 0.15) is 51.0 Å². The molecule has 0 amide bonds. The van der Waals surface area contributed by atoms with Crippen molar-refractivity contribution in [2.75, 3.05) is 0 Å².